The maximum absolute atomic E-state index is 10.8. The molecule has 0 amide bonds. The van der Waals surface area contributed by atoms with Gasteiger partial charge >= 0.3 is 5.97 Å². The molecule has 5 heteroatoms. The van der Waals surface area contributed by atoms with Gasteiger partial charge in [-0.25, -0.2) is 0 Å². The first-order valence-electron chi connectivity index (χ1n) is 5.03. The molecule has 1 heterocycles. The van der Waals surface area contributed by atoms with Crippen LogP contribution in [0.15, 0.2) is 30.3 Å². The van der Waals surface area contributed by atoms with Gasteiger partial charge in [0.15, 0.2) is 0 Å². The molecule has 0 aromatic heterocycles. The van der Waals surface area contributed by atoms with Crippen molar-refractivity contribution >= 4 is 24.1 Å². The molecule has 1 aliphatic heterocycles. The van der Waals surface area contributed by atoms with Gasteiger partial charge in [0.05, 0.1) is 0 Å². The van der Waals surface area contributed by atoms with Crippen molar-refractivity contribution in [2.75, 3.05) is 24.5 Å². The SMILES string of the molecule is Cl.O=C(O)[C@@H]1CN(c2ccccc2)CCN1. The normalized spacial score (nSPS) is 20.0. The third kappa shape index (κ3) is 2.87. The highest BCUT2D eigenvalue weighted by molar-refractivity contribution is 5.85. The predicted molar refractivity (Wildman–Crippen MR) is 65.3 cm³/mol. The highest BCUT2D eigenvalue weighted by Crippen LogP contribution is 2.14. The van der Waals surface area contributed by atoms with E-state index in [-0.39, 0.29) is 12.4 Å². The number of para-hydroxylation sites is 1. The number of aliphatic carboxylic acids is 1. The maximum atomic E-state index is 10.8. The lowest BCUT2D eigenvalue weighted by atomic mass is 10.2. The number of carbonyl (C=O) groups is 1. The molecule has 0 saturated carbocycles. The number of nitrogens with zero attached hydrogens (tertiary/aromatic N) is 1. The Labute approximate surface area is 101 Å². The van der Waals surface area contributed by atoms with Crippen LogP contribution >= 0.6 is 12.4 Å². The van der Waals surface area contributed by atoms with Crippen LogP contribution in [0, 0.1) is 0 Å². The second kappa shape index (κ2) is 5.72. The maximum Gasteiger partial charge on any atom is 0.322 e. The van der Waals surface area contributed by atoms with Crippen LogP contribution in [0.25, 0.3) is 0 Å². The van der Waals surface area contributed by atoms with E-state index in [1.165, 1.54) is 0 Å². The van der Waals surface area contributed by atoms with Gasteiger partial charge in [0.25, 0.3) is 0 Å². The number of carboxylic acids is 1. The number of hydrogen-bond acceptors (Lipinski definition) is 3. The molecule has 16 heavy (non-hydrogen) atoms. The summed E-state index contributed by atoms with van der Waals surface area (Å²) in [6.45, 7) is 2.10. The van der Waals surface area contributed by atoms with E-state index in [1.54, 1.807) is 0 Å². The van der Waals surface area contributed by atoms with Crippen LogP contribution in [0.3, 0.4) is 0 Å². The molecule has 0 bridgehead atoms. The van der Waals surface area contributed by atoms with Crippen molar-refractivity contribution in [3.63, 3.8) is 0 Å². The Balaban J connectivity index is 0.00000128. The fraction of sp³-hybridized carbons (Fsp3) is 0.364. The minimum absolute atomic E-state index is 0. The van der Waals surface area contributed by atoms with E-state index in [0.717, 1.165) is 12.2 Å². The van der Waals surface area contributed by atoms with Gasteiger partial charge in [-0.3, -0.25) is 4.79 Å². The number of piperazine rings is 1. The quantitative estimate of drug-likeness (QED) is 0.812. The first kappa shape index (κ1) is 12.8. The Bertz CT molecular complexity index is 345. The van der Waals surface area contributed by atoms with E-state index < -0.39 is 12.0 Å². The second-order valence-corrected chi connectivity index (χ2v) is 3.63. The second-order valence-electron chi connectivity index (χ2n) is 3.63. The number of nitrogens with one attached hydrogen (secondary N) is 1. The minimum atomic E-state index is -0.782. The first-order chi connectivity index (χ1) is 7.27. The van der Waals surface area contributed by atoms with Crippen molar-refractivity contribution in [3.8, 4) is 0 Å². The van der Waals surface area contributed by atoms with Gasteiger partial charge in [0.1, 0.15) is 6.04 Å². The first-order valence-corrected chi connectivity index (χ1v) is 5.03. The molecular weight excluding hydrogens is 228 g/mol. The lowest BCUT2D eigenvalue weighted by Gasteiger charge is -2.33. The Morgan fingerprint density at radius 1 is 1.38 bits per heavy atom. The van der Waals surface area contributed by atoms with Crippen LogP contribution in [0.1, 0.15) is 0 Å². The van der Waals surface area contributed by atoms with Gasteiger partial charge < -0.3 is 15.3 Å². The molecule has 0 aliphatic carbocycles. The molecular formula is C11H15ClN2O2. The highest BCUT2D eigenvalue weighted by atomic mass is 35.5. The molecule has 1 atom stereocenters. The predicted octanol–water partition coefficient (Wildman–Crippen LogP) is 0.971. The van der Waals surface area contributed by atoms with Crippen molar-refractivity contribution in [1.82, 2.24) is 5.32 Å². The van der Waals surface area contributed by atoms with Gasteiger partial charge in [-0.15, -0.1) is 12.4 Å². The average molecular weight is 243 g/mol. The lowest BCUT2D eigenvalue weighted by Crippen LogP contribution is -2.54. The van der Waals surface area contributed by atoms with E-state index in [9.17, 15) is 4.79 Å². The molecule has 0 radical (unpaired) electrons. The molecule has 2 rings (SSSR count). The Hall–Kier alpha value is -1.26. The van der Waals surface area contributed by atoms with Gasteiger partial charge in [0.2, 0.25) is 0 Å². The number of hydrogen-bond donors (Lipinski definition) is 2. The van der Waals surface area contributed by atoms with E-state index in [0.29, 0.717) is 13.1 Å². The fourth-order valence-corrected chi connectivity index (χ4v) is 1.79. The van der Waals surface area contributed by atoms with Crippen LogP contribution in [-0.4, -0.2) is 36.8 Å². The molecule has 0 unspecified atom stereocenters. The molecule has 1 aliphatic rings. The van der Waals surface area contributed by atoms with Crippen LogP contribution < -0.4 is 10.2 Å². The largest absolute Gasteiger partial charge is 0.480 e. The zero-order chi connectivity index (χ0) is 10.7. The summed E-state index contributed by atoms with van der Waals surface area (Å²) in [5, 5.41) is 11.9. The van der Waals surface area contributed by atoms with Crippen molar-refractivity contribution < 1.29 is 9.90 Å². The topological polar surface area (TPSA) is 52.6 Å². The lowest BCUT2D eigenvalue weighted by molar-refractivity contribution is -0.139. The molecule has 4 nitrogen and oxygen atoms in total. The molecule has 0 spiro atoms. The molecule has 1 fully saturated rings. The van der Waals surface area contributed by atoms with E-state index in [1.807, 2.05) is 30.3 Å². The van der Waals surface area contributed by atoms with Crippen LogP contribution in [0.5, 0.6) is 0 Å². The summed E-state index contributed by atoms with van der Waals surface area (Å²) in [5.74, 6) is -0.782. The van der Waals surface area contributed by atoms with Crippen LogP contribution in [0.2, 0.25) is 0 Å². The summed E-state index contributed by atoms with van der Waals surface area (Å²) >= 11 is 0. The number of rotatable bonds is 2. The highest BCUT2D eigenvalue weighted by Gasteiger charge is 2.24. The smallest absolute Gasteiger partial charge is 0.322 e. The number of benzene rings is 1. The zero-order valence-electron chi connectivity index (χ0n) is 8.80. The fourth-order valence-electron chi connectivity index (χ4n) is 1.79. The van der Waals surface area contributed by atoms with Gasteiger partial charge in [-0.2, -0.15) is 0 Å². The van der Waals surface area contributed by atoms with Crippen molar-refractivity contribution in [1.29, 1.82) is 0 Å². The number of carboxylic acid groups (broad SMARTS) is 1. The van der Waals surface area contributed by atoms with Crippen molar-refractivity contribution in [2.24, 2.45) is 0 Å². The zero-order valence-corrected chi connectivity index (χ0v) is 9.61. The minimum Gasteiger partial charge on any atom is -0.480 e. The van der Waals surface area contributed by atoms with E-state index in [2.05, 4.69) is 10.2 Å². The van der Waals surface area contributed by atoms with E-state index in [4.69, 9.17) is 5.11 Å². The average Bonchev–Trinajstić information content (AvgIpc) is 2.30. The Kier molecular flexibility index (Phi) is 4.58. The monoisotopic (exact) mass is 242 g/mol. The molecule has 88 valence electrons. The van der Waals surface area contributed by atoms with Crippen molar-refractivity contribution in [3.05, 3.63) is 30.3 Å². The Morgan fingerprint density at radius 3 is 2.69 bits per heavy atom. The van der Waals surface area contributed by atoms with Crippen LogP contribution in [-0.2, 0) is 4.79 Å². The van der Waals surface area contributed by atoms with Gasteiger partial charge in [-0.05, 0) is 12.1 Å². The summed E-state index contributed by atoms with van der Waals surface area (Å²) < 4.78 is 0. The Morgan fingerprint density at radius 2 is 2.06 bits per heavy atom. The van der Waals surface area contributed by atoms with Crippen LogP contribution in [0.4, 0.5) is 5.69 Å². The standard InChI is InChI=1S/C11H14N2O2.ClH/c14-11(15)10-8-13(7-6-12-10)9-4-2-1-3-5-9;/h1-5,10,12H,6-8H2,(H,14,15);1H/t10-;/m0./s1. The summed E-state index contributed by atoms with van der Waals surface area (Å²) in [4.78, 5) is 12.9. The van der Waals surface area contributed by atoms with E-state index >= 15 is 0 Å². The van der Waals surface area contributed by atoms with Gasteiger partial charge in [-0.1, -0.05) is 18.2 Å². The summed E-state index contributed by atoms with van der Waals surface area (Å²) in [6.07, 6.45) is 0. The summed E-state index contributed by atoms with van der Waals surface area (Å²) in [5.41, 5.74) is 1.09. The van der Waals surface area contributed by atoms with Gasteiger partial charge in [0, 0.05) is 25.3 Å². The molecule has 1 saturated heterocycles. The number of halogens is 1. The number of anilines is 1. The molecule has 1 aromatic rings. The van der Waals surface area contributed by atoms with Crippen molar-refractivity contribution in [2.45, 2.75) is 6.04 Å². The molecule has 1 aromatic carbocycles. The summed E-state index contributed by atoms with van der Waals surface area (Å²) in [6, 6.07) is 9.44. The third-order valence-electron chi connectivity index (χ3n) is 2.59. The summed E-state index contributed by atoms with van der Waals surface area (Å²) in [7, 11) is 0. The molecule has 2 N–H and O–H groups in total. The third-order valence-corrected chi connectivity index (χ3v) is 2.59.